The number of carbonyl (C=O) groups excluding carboxylic acids is 2. The average molecular weight is 372 g/mol. The number of phenolic OH excluding ortho intramolecular Hbond substituents is 3. The number of rotatable bonds is 4. The van der Waals surface area contributed by atoms with E-state index in [-0.39, 0.29) is 0 Å². The summed E-state index contributed by atoms with van der Waals surface area (Å²) in [5, 5.41) is 69.9. The second-order valence-corrected chi connectivity index (χ2v) is 6.07. The zero-order valence-corrected chi connectivity index (χ0v) is 13.9. The van der Waals surface area contributed by atoms with Crippen molar-refractivity contribution in [1.82, 2.24) is 0 Å². The minimum Gasteiger partial charge on any atom is -0.507 e. The minimum absolute atomic E-state index is 0.630. The average Bonchev–Trinajstić information content (AvgIpc) is 2.53. The van der Waals surface area contributed by atoms with E-state index >= 15 is 0 Å². The van der Waals surface area contributed by atoms with Gasteiger partial charge in [-0.2, -0.15) is 0 Å². The lowest BCUT2D eigenvalue weighted by molar-refractivity contribution is -0.232. The van der Waals surface area contributed by atoms with E-state index in [1.807, 2.05) is 0 Å². The first kappa shape index (κ1) is 20.1. The first-order valence-corrected chi connectivity index (χ1v) is 7.67. The van der Waals surface area contributed by atoms with Crippen LogP contribution in [0, 0.1) is 0 Å². The zero-order valence-electron chi connectivity index (χ0n) is 13.9. The maximum atomic E-state index is 11.8. The van der Waals surface area contributed by atoms with Crippen LogP contribution >= 0.6 is 0 Å². The molecule has 1 aromatic rings. The molecule has 0 amide bonds. The highest BCUT2D eigenvalue weighted by Crippen LogP contribution is 2.48. The van der Waals surface area contributed by atoms with Gasteiger partial charge in [-0.1, -0.05) is 0 Å². The number of ketones is 2. The van der Waals surface area contributed by atoms with Crippen LogP contribution in [-0.4, -0.2) is 78.3 Å². The molecule has 0 unspecified atom stereocenters. The fourth-order valence-corrected chi connectivity index (χ4v) is 3.01. The molecule has 0 aromatic heterocycles. The van der Waals surface area contributed by atoms with E-state index in [1.54, 1.807) is 0 Å². The molecule has 0 aliphatic carbocycles. The van der Waals surface area contributed by atoms with Crippen LogP contribution in [0.4, 0.5) is 0 Å². The van der Waals surface area contributed by atoms with Gasteiger partial charge < -0.3 is 40.5 Å². The summed E-state index contributed by atoms with van der Waals surface area (Å²) < 4.78 is 5.25. The second kappa shape index (κ2) is 7.17. The number of aliphatic hydroxyl groups is 4. The fraction of sp³-hybridized carbons (Fsp3) is 0.500. The van der Waals surface area contributed by atoms with Gasteiger partial charge in [0, 0.05) is 0 Å². The van der Waals surface area contributed by atoms with Gasteiger partial charge >= 0.3 is 0 Å². The summed E-state index contributed by atoms with van der Waals surface area (Å²) in [6.45, 7) is 1.22. The number of benzene rings is 1. The predicted molar refractivity (Wildman–Crippen MR) is 84.2 cm³/mol. The van der Waals surface area contributed by atoms with E-state index in [2.05, 4.69) is 0 Å². The highest BCUT2D eigenvalue weighted by Gasteiger charge is 2.47. The lowest BCUT2D eigenvalue weighted by atomic mass is 9.87. The topological polar surface area (TPSA) is 185 Å². The van der Waals surface area contributed by atoms with Crippen LogP contribution in [0.3, 0.4) is 0 Å². The van der Waals surface area contributed by atoms with Crippen LogP contribution in [0.2, 0.25) is 0 Å². The minimum atomic E-state index is -1.88. The van der Waals surface area contributed by atoms with Crippen molar-refractivity contribution in [3.63, 3.8) is 0 Å². The predicted octanol–water partition coefficient (Wildman–Crippen LogP) is -1.28. The Balaban J connectivity index is 2.76. The molecule has 0 radical (unpaired) electrons. The van der Waals surface area contributed by atoms with E-state index in [0.29, 0.717) is 0 Å². The van der Waals surface area contributed by atoms with E-state index in [0.717, 1.165) is 13.8 Å². The van der Waals surface area contributed by atoms with E-state index in [1.165, 1.54) is 0 Å². The molecule has 0 spiro atoms. The molecule has 10 nitrogen and oxygen atoms in total. The third-order valence-electron chi connectivity index (χ3n) is 4.34. The van der Waals surface area contributed by atoms with Crippen molar-refractivity contribution in [1.29, 1.82) is 0 Å². The van der Waals surface area contributed by atoms with Gasteiger partial charge in [-0.3, -0.25) is 9.59 Å². The van der Waals surface area contributed by atoms with Crippen molar-refractivity contribution >= 4 is 11.6 Å². The fourth-order valence-electron chi connectivity index (χ4n) is 3.01. The number of aromatic hydroxyl groups is 3. The summed E-state index contributed by atoms with van der Waals surface area (Å²) in [4.78, 5) is 23.6. The van der Waals surface area contributed by atoms with Gasteiger partial charge in [-0.25, -0.2) is 0 Å². The first-order valence-electron chi connectivity index (χ1n) is 7.67. The molecule has 0 saturated carbocycles. The van der Waals surface area contributed by atoms with Crippen LogP contribution in [0.5, 0.6) is 17.2 Å². The van der Waals surface area contributed by atoms with Gasteiger partial charge in [-0.15, -0.1) is 0 Å². The largest absolute Gasteiger partial charge is 0.507 e. The Hall–Kier alpha value is -2.24. The van der Waals surface area contributed by atoms with Crippen molar-refractivity contribution in [3.05, 3.63) is 16.7 Å². The number of Topliss-reactive ketones (excluding diaryl/α,β-unsaturated/α-hetero) is 2. The van der Waals surface area contributed by atoms with Gasteiger partial charge in [0.25, 0.3) is 0 Å². The molecular weight excluding hydrogens is 352 g/mol. The Morgan fingerprint density at radius 3 is 1.69 bits per heavy atom. The van der Waals surface area contributed by atoms with Crippen LogP contribution in [0.15, 0.2) is 0 Å². The summed E-state index contributed by atoms with van der Waals surface area (Å²) in [5.74, 6) is -4.53. The maximum Gasteiger partial charge on any atom is 0.167 e. The molecule has 0 bridgehead atoms. The second-order valence-electron chi connectivity index (χ2n) is 6.07. The van der Waals surface area contributed by atoms with Crippen molar-refractivity contribution in [3.8, 4) is 17.2 Å². The van der Waals surface area contributed by atoms with Gasteiger partial charge in [-0.05, 0) is 13.8 Å². The smallest absolute Gasteiger partial charge is 0.167 e. The molecule has 1 aromatic carbocycles. The summed E-state index contributed by atoms with van der Waals surface area (Å²) in [6, 6.07) is 0. The number of carbonyl (C=O) groups is 2. The van der Waals surface area contributed by atoms with Gasteiger partial charge in [0.15, 0.2) is 11.6 Å². The lowest BCUT2D eigenvalue weighted by Gasteiger charge is -2.40. The van der Waals surface area contributed by atoms with Gasteiger partial charge in [0.05, 0.1) is 12.2 Å². The van der Waals surface area contributed by atoms with Crippen LogP contribution in [-0.2, 0) is 4.74 Å². The molecule has 1 aliphatic heterocycles. The van der Waals surface area contributed by atoms with E-state index < -0.39 is 82.6 Å². The highest BCUT2D eigenvalue weighted by molar-refractivity contribution is 6.08. The Morgan fingerprint density at radius 1 is 0.846 bits per heavy atom. The Kier molecular flexibility index (Phi) is 5.54. The molecule has 1 saturated heterocycles. The highest BCUT2D eigenvalue weighted by atomic mass is 16.5. The third-order valence-corrected chi connectivity index (χ3v) is 4.34. The van der Waals surface area contributed by atoms with Crippen molar-refractivity contribution in [2.45, 2.75) is 44.4 Å². The van der Waals surface area contributed by atoms with E-state index in [9.17, 15) is 45.3 Å². The van der Waals surface area contributed by atoms with Crippen molar-refractivity contribution < 1.29 is 50.1 Å². The molecule has 1 fully saturated rings. The Morgan fingerprint density at radius 2 is 1.31 bits per heavy atom. The summed E-state index contributed by atoms with van der Waals surface area (Å²) >= 11 is 0. The SMILES string of the molecule is CC(=O)c1c(O)c(C(C)=O)c(O)c([C@@H]2O[C@H](CO)[C@H](O)[C@H](O)[C@H]2O)c1O. The maximum absolute atomic E-state index is 11.8. The summed E-state index contributed by atoms with van der Waals surface area (Å²) in [6.07, 6.45) is -8.45. The zero-order chi connectivity index (χ0) is 19.9. The number of ether oxygens (including phenoxy) is 1. The molecule has 10 heteroatoms. The normalized spacial score (nSPS) is 28.8. The molecule has 7 N–H and O–H groups in total. The molecule has 144 valence electrons. The van der Waals surface area contributed by atoms with Crippen LogP contribution < -0.4 is 0 Å². The van der Waals surface area contributed by atoms with Crippen molar-refractivity contribution in [2.24, 2.45) is 0 Å². The number of hydrogen-bond acceptors (Lipinski definition) is 10. The van der Waals surface area contributed by atoms with Crippen LogP contribution in [0.25, 0.3) is 0 Å². The molecule has 1 heterocycles. The summed E-state index contributed by atoms with van der Waals surface area (Å²) in [5.41, 5.74) is -1.99. The van der Waals surface area contributed by atoms with Crippen molar-refractivity contribution in [2.75, 3.05) is 6.61 Å². The standard InChI is InChI=1S/C16H20O10/c1-4(18)7-11(21)8(5(2)19)13(23)9(12(7)22)16-15(25)14(24)10(20)6(3-17)26-16/h6,10,14-17,20-25H,3H2,1-2H3/t6-,10+,14+,15-,16+/m1/s1. The monoisotopic (exact) mass is 372 g/mol. The number of hydrogen-bond donors (Lipinski definition) is 7. The first-order chi connectivity index (χ1) is 12.0. The number of aliphatic hydroxyl groups excluding tert-OH is 4. The number of phenols is 3. The van der Waals surface area contributed by atoms with Gasteiger partial charge in [0.2, 0.25) is 0 Å². The summed E-state index contributed by atoms with van der Waals surface area (Å²) in [7, 11) is 0. The Bertz CT molecular complexity index is 700. The molecule has 1 aliphatic rings. The molecule has 26 heavy (non-hydrogen) atoms. The lowest BCUT2D eigenvalue weighted by Crippen LogP contribution is -2.55. The molecule has 2 rings (SSSR count). The quantitative estimate of drug-likeness (QED) is 0.314. The third kappa shape index (κ3) is 3.02. The van der Waals surface area contributed by atoms with Gasteiger partial charge in [0.1, 0.15) is 58.9 Å². The molecule has 5 atom stereocenters. The Labute approximate surface area is 147 Å². The molecular formula is C16H20O10. The van der Waals surface area contributed by atoms with Crippen LogP contribution in [0.1, 0.15) is 46.2 Å². The van der Waals surface area contributed by atoms with E-state index in [4.69, 9.17) is 4.74 Å².